The van der Waals surface area contributed by atoms with E-state index in [1.165, 1.54) is 0 Å². The van der Waals surface area contributed by atoms with Crippen LogP contribution in [0, 0.1) is 4.91 Å². The molecular weight excluding hydrogens is 200 g/mol. The zero-order chi connectivity index (χ0) is 11.3. The molecule has 0 heterocycles. The van der Waals surface area contributed by atoms with Gasteiger partial charge in [0.2, 0.25) is 0 Å². The highest BCUT2D eigenvalue weighted by atomic mass is 16.7. The maximum Gasteiger partial charge on any atom is 0.391 e. The van der Waals surface area contributed by atoms with Crippen LogP contribution in [0.2, 0.25) is 0 Å². The van der Waals surface area contributed by atoms with E-state index in [-0.39, 0.29) is 0 Å². The average molecular weight is 209 g/mol. The SMILES string of the molecule is N/C(=N\[N+](=O)O)NC(=O)c1ccccc1. The lowest BCUT2D eigenvalue weighted by Crippen LogP contribution is -2.37. The Labute approximate surface area is 84.7 Å². The van der Waals surface area contributed by atoms with Gasteiger partial charge in [0, 0.05) is 5.56 Å². The third-order valence-corrected chi connectivity index (χ3v) is 1.47. The Kier molecular flexibility index (Phi) is 3.33. The Morgan fingerprint density at radius 2 is 2.00 bits per heavy atom. The second-order valence-corrected chi connectivity index (χ2v) is 2.56. The summed E-state index contributed by atoms with van der Waals surface area (Å²) in [5, 5.41) is 12.4. The second-order valence-electron chi connectivity index (χ2n) is 2.56. The van der Waals surface area contributed by atoms with Gasteiger partial charge in [-0.15, -0.1) is 0 Å². The van der Waals surface area contributed by atoms with Gasteiger partial charge in [-0.1, -0.05) is 18.2 Å². The number of amides is 1. The standard InChI is InChI=1S/C8H8N4O3/c9-8(11-12(14)15)10-7(13)6-4-2-1-3-5-6/h1-5H,(H3-,9,10,11,13,14,15)/p+1. The van der Waals surface area contributed by atoms with Gasteiger partial charge in [-0.2, -0.15) is 0 Å². The summed E-state index contributed by atoms with van der Waals surface area (Å²) in [5.41, 5.74) is 5.50. The number of carbonyl (C=O) groups is 1. The van der Waals surface area contributed by atoms with Gasteiger partial charge in [-0.25, -0.2) is 5.21 Å². The van der Waals surface area contributed by atoms with E-state index >= 15 is 0 Å². The van der Waals surface area contributed by atoms with E-state index in [9.17, 15) is 9.70 Å². The molecule has 0 bridgehead atoms. The summed E-state index contributed by atoms with van der Waals surface area (Å²) in [6.07, 6.45) is 0. The Morgan fingerprint density at radius 3 is 2.53 bits per heavy atom. The van der Waals surface area contributed by atoms with Crippen LogP contribution >= 0.6 is 0 Å². The van der Waals surface area contributed by atoms with Crippen molar-refractivity contribution in [2.75, 3.05) is 0 Å². The van der Waals surface area contributed by atoms with Crippen molar-refractivity contribution in [2.45, 2.75) is 0 Å². The van der Waals surface area contributed by atoms with Gasteiger partial charge in [0.15, 0.2) is 0 Å². The number of rotatable bonds is 2. The van der Waals surface area contributed by atoms with Crippen molar-refractivity contribution in [1.82, 2.24) is 5.32 Å². The maximum atomic E-state index is 11.4. The van der Waals surface area contributed by atoms with Gasteiger partial charge in [-0.3, -0.25) is 10.1 Å². The van der Waals surface area contributed by atoms with Gasteiger partial charge in [-0.05, 0) is 12.1 Å². The molecule has 0 radical (unpaired) electrons. The van der Waals surface area contributed by atoms with E-state index in [1.54, 1.807) is 30.3 Å². The van der Waals surface area contributed by atoms with Crippen molar-refractivity contribution in [3.05, 3.63) is 40.8 Å². The molecule has 0 aliphatic heterocycles. The first-order chi connectivity index (χ1) is 7.09. The Bertz CT molecular complexity index is 402. The number of nitrogens with one attached hydrogen (secondary N) is 1. The molecule has 0 spiro atoms. The van der Waals surface area contributed by atoms with Crippen molar-refractivity contribution < 1.29 is 15.0 Å². The molecule has 0 aliphatic carbocycles. The van der Waals surface area contributed by atoms with Crippen LogP contribution in [-0.4, -0.2) is 22.1 Å². The minimum atomic E-state index is -0.736. The summed E-state index contributed by atoms with van der Waals surface area (Å²) in [7, 11) is 0. The molecule has 0 atom stereocenters. The average Bonchev–Trinajstić information content (AvgIpc) is 2.17. The summed E-state index contributed by atoms with van der Waals surface area (Å²) < 4.78 is 0. The monoisotopic (exact) mass is 209 g/mol. The minimum Gasteiger partial charge on any atom is -0.364 e. The van der Waals surface area contributed by atoms with E-state index < -0.39 is 16.9 Å². The molecule has 0 unspecified atom stereocenters. The van der Waals surface area contributed by atoms with Crippen LogP contribution in [0.15, 0.2) is 35.4 Å². The second kappa shape index (κ2) is 4.70. The quantitative estimate of drug-likeness (QED) is 0.356. The number of carbonyl (C=O) groups excluding carboxylic acids is 1. The van der Waals surface area contributed by atoms with Gasteiger partial charge < -0.3 is 5.73 Å². The molecule has 7 nitrogen and oxygen atoms in total. The number of hydrogen-bond donors (Lipinski definition) is 3. The predicted octanol–water partition coefficient (Wildman–Crippen LogP) is -0.186. The van der Waals surface area contributed by atoms with Crippen LogP contribution in [-0.2, 0) is 0 Å². The molecule has 0 saturated heterocycles. The Morgan fingerprint density at radius 1 is 1.40 bits per heavy atom. The summed E-state index contributed by atoms with van der Waals surface area (Å²) in [5.74, 6) is -1.000. The third kappa shape index (κ3) is 3.43. The van der Waals surface area contributed by atoms with Crippen molar-refractivity contribution in [1.29, 1.82) is 0 Å². The van der Waals surface area contributed by atoms with Crippen molar-refractivity contribution in [2.24, 2.45) is 10.8 Å². The maximum absolute atomic E-state index is 11.4. The first-order valence-corrected chi connectivity index (χ1v) is 3.96. The lowest BCUT2D eigenvalue weighted by atomic mass is 10.2. The van der Waals surface area contributed by atoms with Gasteiger partial charge in [0.25, 0.3) is 11.9 Å². The normalized spacial score (nSPS) is 10.8. The van der Waals surface area contributed by atoms with E-state index in [0.717, 1.165) is 0 Å². The van der Waals surface area contributed by atoms with Crippen LogP contribution in [0.4, 0.5) is 0 Å². The Hall–Kier alpha value is -2.44. The number of nitrogens with zero attached hydrogens (tertiary/aromatic N) is 2. The van der Waals surface area contributed by atoms with Crippen molar-refractivity contribution in [3.63, 3.8) is 0 Å². The number of guanidine groups is 1. The number of nitrogens with two attached hydrogens (primary N) is 1. The molecule has 0 fully saturated rings. The molecule has 15 heavy (non-hydrogen) atoms. The first kappa shape index (κ1) is 10.6. The fourth-order valence-corrected chi connectivity index (χ4v) is 0.895. The number of hydrogen-bond acceptors (Lipinski definition) is 2. The van der Waals surface area contributed by atoms with Gasteiger partial charge in [0.1, 0.15) is 10.0 Å². The third-order valence-electron chi connectivity index (χ3n) is 1.47. The topological polar surface area (TPSA) is 108 Å². The summed E-state index contributed by atoms with van der Waals surface area (Å²) in [6, 6.07) is 8.23. The molecule has 7 heteroatoms. The smallest absolute Gasteiger partial charge is 0.364 e. The van der Waals surface area contributed by atoms with E-state index in [4.69, 9.17) is 10.9 Å². The fourth-order valence-electron chi connectivity index (χ4n) is 0.895. The number of benzene rings is 1. The Balaban J connectivity index is 2.69. The van der Waals surface area contributed by atoms with Crippen LogP contribution in [0.3, 0.4) is 0 Å². The molecule has 1 aromatic rings. The molecule has 0 aliphatic rings. The van der Waals surface area contributed by atoms with Crippen LogP contribution in [0.1, 0.15) is 10.4 Å². The van der Waals surface area contributed by atoms with Crippen molar-refractivity contribution in [3.8, 4) is 0 Å². The lowest BCUT2D eigenvalue weighted by Gasteiger charge is -1.99. The molecule has 0 saturated carbocycles. The zero-order valence-electron chi connectivity index (χ0n) is 7.62. The first-order valence-electron chi connectivity index (χ1n) is 3.96. The molecule has 0 aromatic heterocycles. The van der Waals surface area contributed by atoms with Crippen LogP contribution in [0.25, 0.3) is 0 Å². The summed E-state index contributed by atoms with van der Waals surface area (Å²) in [4.78, 5) is 21.4. The molecule has 1 rings (SSSR count). The van der Waals surface area contributed by atoms with Crippen LogP contribution < -0.4 is 11.1 Å². The zero-order valence-corrected chi connectivity index (χ0v) is 7.62. The molecule has 78 valence electrons. The molecule has 4 N–H and O–H groups in total. The highest BCUT2D eigenvalue weighted by Crippen LogP contribution is 1.97. The van der Waals surface area contributed by atoms with E-state index in [2.05, 4.69) is 10.4 Å². The largest absolute Gasteiger partial charge is 0.391 e. The van der Waals surface area contributed by atoms with E-state index in [1.807, 2.05) is 0 Å². The molecule has 1 amide bonds. The highest BCUT2D eigenvalue weighted by molar-refractivity contribution is 6.04. The van der Waals surface area contributed by atoms with E-state index in [0.29, 0.717) is 5.56 Å². The predicted molar refractivity (Wildman–Crippen MR) is 50.9 cm³/mol. The van der Waals surface area contributed by atoms with Crippen molar-refractivity contribution >= 4 is 11.9 Å². The summed E-state index contributed by atoms with van der Waals surface area (Å²) >= 11 is 0. The molecular formula is C8H9N4O3+. The number of hydrazone groups is 1. The van der Waals surface area contributed by atoms with Gasteiger partial charge in [0.05, 0.1) is 0 Å². The summed E-state index contributed by atoms with van der Waals surface area (Å²) in [6.45, 7) is 0. The van der Waals surface area contributed by atoms with Gasteiger partial charge >= 0.3 is 5.03 Å². The van der Waals surface area contributed by atoms with Crippen LogP contribution in [0.5, 0.6) is 0 Å². The molecule has 1 aromatic carbocycles. The lowest BCUT2D eigenvalue weighted by molar-refractivity contribution is -0.796. The highest BCUT2D eigenvalue weighted by Gasteiger charge is 2.09. The minimum absolute atomic E-state index is 0.367. The fraction of sp³-hybridized carbons (Fsp3) is 0.